The number of aromatic nitrogens is 1. The average molecular weight is 583 g/mol. The molecule has 0 spiro atoms. The van der Waals surface area contributed by atoms with Crippen LogP contribution >= 0.6 is 46.3 Å². The molecule has 4 N–H and O–H groups in total. The number of thioether (sulfide) groups is 1. The van der Waals surface area contributed by atoms with Gasteiger partial charge in [-0.2, -0.15) is 0 Å². The first-order valence-corrected chi connectivity index (χ1v) is 13.9. The standard InChI is InChI=1S/C27H21Cl2N5O2S2/c1-14-7-10-18-20(11-14)37-27(33-18)34-25(36)23-22(30)21(24(35)32-19-12-16(28)8-9-17(19)29)26(38-23)31-13-15-5-3-2-4-6-15/h2-12,23H,13,30H2,1H3,(H,32,35)(H,33,34,36)/t23-/m0/s1. The van der Waals surface area contributed by atoms with E-state index in [1.165, 1.54) is 11.3 Å². The Labute approximate surface area is 237 Å². The summed E-state index contributed by atoms with van der Waals surface area (Å²) in [5.41, 5.74) is 9.84. The fourth-order valence-corrected chi connectivity index (χ4v) is 6.21. The van der Waals surface area contributed by atoms with Crippen LogP contribution in [0.3, 0.4) is 0 Å². The number of nitrogens with zero attached hydrogens (tertiary/aromatic N) is 2. The van der Waals surface area contributed by atoms with Gasteiger partial charge in [-0.3, -0.25) is 14.6 Å². The minimum absolute atomic E-state index is 0.104. The fourth-order valence-electron chi connectivity index (χ4n) is 3.81. The number of carbonyl (C=O) groups excluding carboxylic acids is 2. The molecule has 1 aliphatic heterocycles. The lowest BCUT2D eigenvalue weighted by Crippen LogP contribution is -2.29. The van der Waals surface area contributed by atoms with Gasteiger partial charge in [0.2, 0.25) is 5.91 Å². The smallest absolute Gasteiger partial charge is 0.260 e. The van der Waals surface area contributed by atoms with Crippen LogP contribution in [0.2, 0.25) is 10.0 Å². The number of amides is 2. The molecule has 2 heterocycles. The van der Waals surface area contributed by atoms with Gasteiger partial charge >= 0.3 is 0 Å². The second-order valence-electron chi connectivity index (χ2n) is 8.49. The third-order valence-corrected chi connectivity index (χ3v) is 8.44. The van der Waals surface area contributed by atoms with E-state index in [9.17, 15) is 9.59 Å². The average Bonchev–Trinajstić information content (AvgIpc) is 3.44. The summed E-state index contributed by atoms with van der Waals surface area (Å²) < 4.78 is 0.964. The maximum absolute atomic E-state index is 13.4. The Bertz CT molecular complexity index is 1620. The molecule has 1 atom stereocenters. The SMILES string of the molecule is Cc1ccc2nc(NC(=O)[C@H]3SC(=NCc4ccccc4)C(C(=O)Nc4cc(Cl)ccc4Cl)=C3N)sc2c1. The lowest BCUT2D eigenvalue weighted by molar-refractivity contribution is -0.115. The van der Waals surface area contributed by atoms with Crippen molar-refractivity contribution in [3.63, 3.8) is 0 Å². The lowest BCUT2D eigenvalue weighted by atomic mass is 10.1. The molecule has 0 saturated carbocycles. The van der Waals surface area contributed by atoms with E-state index in [2.05, 4.69) is 20.6 Å². The minimum atomic E-state index is -0.867. The van der Waals surface area contributed by atoms with Gasteiger partial charge in [0, 0.05) is 10.7 Å². The number of thiazole rings is 1. The molecule has 0 aliphatic carbocycles. The number of fused-ring (bicyclic) bond motifs is 1. The number of aryl methyl sites for hydroxylation is 1. The molecule has 192 valence electrons. The predicted octanol–water partition coefficient (Wildman–Crippen LogP) is 6.42. The Balaban J connectivity index is 1.43. The topological polar surface area (TPSA) is 109 Å². The van der Waals surface area contributed by atoms with Gasteiger partial charge in [0.25, 0.3) is 5.91 Å². The van der Waals surface area contributed by atoms with Crippen LogP contribution in [0.4, 0.5) is 10.8 Å². The Hall–Kier alpha value is -3.37. The van der Waals surface area contributed by atoms with Crippen LogP contribution in [0.5, 0.6) is 0 Å². The van der Waals surface area contributed by atoms with E-state index in [0.29, 0.717) is 32.5 Å². The molecule has 38 heavy (non-hydrogen) atoms. The van der Waals surface area contributed by atoms with Crippen molar-refractivity contribution in [3.8, 4) is 0 Å². The third-order valence-electron chi connectivity index (χ3n) is 5.68. The van der Waals surface area contributed by atoms with Crippen LogP contribution in [-0.2, 0) is 16.1 Å². The van der Waals surface area contributed by atoms with E-state index < -0.39 is 11.2 Å². The Morgan fingerprint density at radius 2 is 1.84 bits per heavy atom. The van der Waals surface area contributed by atoms with Crippen molar-refractivity contribution in [1.29, 1.82) is 0 Å². The zero-order valence-corrected chi connectivity index (χ0v) is 23.1. The van der Waals surface area contributed by atoms with Crippen molar-refractivity contribution in [2.45, 2.75) is 18.7 Å². The number of rotatable bonds is 6. The highest BCUT2D eigenvalue weighted by atomic mass is 35.5. The van der Waals surface area contributed by atoms with Crippen LogP contribution in [0.25, 0.3) is 10.2 Å². The van der Waals surface area contributed by atoms with E-state index in [-0.39, 0.29) is 17.2 Å². The third kappa shape index (κ3) is 5.71. The number of hydrogen-bond donors (Lipinski definition) is 3. The number of benzene rings is 3. The number of carbonyl (C=O) groups is 2. The van der Waals surface area contributed by atoms with Crippen LogP contribution in [0.15, 0.2) is 83.0 Å². The first kappa shape index (κ1) is 26.2. The minimum Gasteiger partial charge on any atom is -0.400 e. The molecule has 0 saturated heterocycles. The number of hydrogen-bond acceptors (Lipinski definition) is 7. The number of aliphatic imine (C=N–C) groups is 1. The summed E-state index contributed by atoms with van der Waals surface area (Å²) >= 11 is 14.8. The molecule has 4 aromatic rings. The summed E-state index contributed by atoms with van der Waals surface area (Å²) in [5.74, 6) is -0.920. The first-order valence-electron chi connectivity index (χ1n) is 11.5. The number of nitrogens with two attached hydrogens (primary N) is 1. The molecule has 1 aromatic heterocycles. The summed E-state index contributed by atoms with van der Waals surface area (Å²) in [6.45, 7) is 2.31. The molecule has 0 unspecified atom stereocenters. The first-order chi connectivity index (χ1) is 18.3. The van der Waals surface area contributed by atoms with Gasteiger partial charge < -0.3 is 16.4 Å². The summed E-state index contributed by atoms with van der Waals surface area (Å²) in [4.78, 5) is 35.8. The maximum atomic E-state index is 13.4. The summed E-state index contributed by atoms with van der Waals surface area (Å²) in [5, 5.41) is 6.28. The Morgan fingerprint density at radius 1 is 1.05 bits per heavy atom. The summed E-state index contributed by atoms with van der Waals surface area (Å²) in [7, 11) is 0. The lowest BCUT2D eigenvalue weighted by Gasteiger charge is -2.10. The van der Waals surface area contributed by atoms with Crippen LogP contribution in [-0.4, -0.2) is 27.1 Å². The molecule has 3 aromatic carbocycles. The Kier molecular flexibility index (Phi) is 7.71. The van der Waals surface area contributed by atoms with E-state index >= 15 is 0 Å². The predicted molar refractivity (Wildman–Crippen MR) is 158 cm³/mol. The number of anilines is 2. The maximum Gasteiger partial charge on any atom is 0.260 e. The summed E-state index contributed by atoms with van der Waals surface area (Å²) in [6.07, 6.45) is 0. The van der Waals surface area contributed by atoms with Gasteiger partial charge in [0.1, 0.15) is 10.3 Å². The second-order valence-corrected chi connectivity index (χ2v) is 11.5. The summed E-state index contributed by atoms with van der Waals surface area (Å²) in [6, 6.07) is 20.2. The molecule has 11 heteroatoms. The van der Waals surface area contributed by atoms with Gasteiger partial charge in [-0.25, -0.2) is 4.98 Å². The Morgan fingerprint density at radius 3 is 2.63 bits per heavy atom. The molecular formula is C27H21Cl2N5O2S2. The zero-order chi connectivity index (χ0) is 26.8. The normalized spacial score (nSPS) is 16.3. The van der Waals surface area contributed by atoms with E-state index in [1.807, 2.05) is 55.5 Å². The van der Waals surface area contributed by atoms with E-state index in [1.54, 1.807) is 18.2 Å². The number of halogens is 2. The van der Waals surface area contributed by atoms with Crippen LogP contribution in [0.1, 0.15) is 11.1 Å². The van der Waals surface area contributed by atoms with Crippen molar-refractivity contribution in [2.24, 2.45) is 10.7 Å². The largest absolute Gasteiger partial charge is 0.400 e. The zero-order valence-electron chi connectivity index (χ0n) is 20.0. The highest BCUT2D eigenvalue weighted by Crippen LogP contribution is 2.36. The molecule has 1 aliphatic rings. The van der Waals surface area contributed by atoms with E-state index in [0.717, 1.165) is 33.1 Å². The molecular weight excluding hydrogens is 561 g/mol. The van der Waals surface area contributed by atoms with Crippen molar-refractivity contribution in [1.82, 2.24) is 4.98 Å². The van der Waals surface area contributed by atoms with E-state index in [4.69, 9.17) is 28.9 Å². The molecule has 7 nitrogen and oxygen atoms in total. The van der Waals surface area contributed by atoms with Crippen molar-refractivity contribution >= 4 is 84.2 Å². The van der Waals surface area contributed by atoms with Crippen LogP contribution < -0.4 is 16.4 Å². The van der Waals surface area contributed by atoms with Gasteiger partial charge in [-0.15, -0.1) is 0 Å². The highest BCUT2D eigenvalue weighted by molar-refractivity contribution is 8.16. The molecule has 0 radical (unpaired) electrons. The van der Waals surface area contributed by atoms with Crippen molar-refractivity contribution in [2.75, 3.05) is 10.6 Å². The van der Waals surface area contributed by atoms with Crippen LogP contribution in [0, 0.1) is 6.92 Å². The highest BCUT2D eigenvalue weighted by Gasteiger charge is 2.38. The van der Waals surface area contributed by atoms with Crippen molar-refractivity contribution in [3.05, 3.63) is 99.2 Å². The number of nitrogens with one attached hydrogen (secondary N) is 2. The van der Waals surface area contributed by atoms with Gasteiger partial charge in [-0.1, -0.05) is 82.7 Å². The molecule has 2 amide bonds. The second kappa shape index (κ2) is 11.2. The van der Waals surface area contributed by atoms with Gasteiger partial charge in [0.05, 0.1) is 33.0 Å². The molecule has 0 fully saturated rings. The van der Waals surface area contributed by atoms with Gasteiger partial charge in [-0.05, 0) is 48.4 Å². The molecule has 0 bridgehead atoms. The quantitative estimate of drug-likeness (QED) is 0.243. The van der Waals surface area contributed by atoms with Crippen molar-refractivity contribution < 1.29 is 9.59 Å². The molecule has 5 rings (SSSR count). The fraction of sp³-hybridized carbons (Fsp3) is 0.111. The van der Waals surface area contributed by atoms with Gasteiger partial charge in [0.15, 0.2) is 5.13 Å². The monoisotopic (exact) mass is 581 g/mol.